The number of piperazine rings is 1. The molecular weight excluding hydrogens is 405 g/mol. The molecule has 160 valence electrons. The predicted octanol–water partition coefficient (Wildman–Crippen LogP) is 3.89. The number of rotatable bonds is 3. The van der Waals surface area contributed by atoms with Gasteiger partial charge in [-0.2, -0.15) is 0 Å². The number of nitrogens with zero attached hydrogens (tertiary/aromatic N) is 5. The number of carbonyl (C=O) groups excluding carboxylic acids is 1. The van der Waals surface area contributed by atoms with E-state index in [9.17, 15) is 4.79 Å². The van der Waals surface area contributed by atoms with Crippen LogP contribution in [0, 0.1) is 0 Å². The van der Waals surface area contributed by atoms with E-state index in [1.165, 1.54) is 12.4 Å². The largest absolute Gasteiger partial charge is 0.353 e. The van der Waals surface area contributed by atoms with Crippen LogP contribution in [0.2, 0.25) is 0 Å². The normalized spacial score (nSPS) is 16.2. The molecule has 7 heteroatoms. The van der Waals surface area contributed by atoms with Gasteiger partial charge in [0.05, 0.1) is 0 Å². The monoisotopic (exact) mass is 427 g/mol. The van der Waals surface area contributed by atoms with Gasteiger partial charge < -0.3 is 9.80 Å². The van der Waals surface area contributed by atoms with Crippen molar-refractivity contribution in [2.75, 3.05) is 31.1 Å². The van der Waals surface area contributed by atoms with Crippen molar-refractivity contribution < 1.29 is 9.18 Å². The second-order valence-electron chi connectivity index (χ2n) is 7.75. The lowest BCUT2D eigenvalue weighted by molar-refractivity contribution is -0.126. The van der Waals surface area contributed by atoms with E-state index in [-0.39, 0.29) is 17.3 Å². The van der Waals surface area contributed by atoms with E-state index in [1.54, 1.807) is 11.1 Å². The molecule has 0 N–H and O–H groups in total. The van der Waals surface area contributed by atoms with Gasteiger partial charge >= 0.3 is 0 Å². The van der Waals surface area contributed by atoms with Crippen LogP contribution in [0.4, 0.5) is 10.2 Å². The minimum atomic E-state index is -0.450. The molecule has 1 amide bonds. The van der Waals surface area contributed by atoms with E-state index >= 15 is 4.39 Å². The van der Waals surface area contributed by atoms with Gasteiger partial charge in [-0.1, -0.05) is 49.0 Å². The minimum Gasteiger partial charge on any atom is -0.353 e. The van der Waals surface area contributed by atoms with Gasteiger partial charge in [0, 0.05) is 49.9 Å². The molecule has 1 saturated heterocycles. The van der Waals surface area contributed by atoms with Crippen molar-refractivity contribution in [2.45, 2.75) is 6.42 Å². The van der Waals surface area contributed by atoms with Crippen LogP contribution in [0.25, 0.3) is 22.3 Å². The van der Waals surface area contributed by atoms with Crippen molar-refractivity contribution in [3.8, 4) is 0 Å². The van der Waals surface area contributed by atoms with Crippen molar-refractivity contribution in [2.24, 2.45) is 4.99 Å². The number of fused-ring (bicyclic) bond motifs is 2. The van der Waals surface area contributed by atoms with Crippen molar-refractivity contribution in [1.82, 2.24) is 14.9 Å². The first kappa shape index (κ1) is 20.1. The average Bonchev–Trinajstić information content (AvgIpc) is 3.02. The predicted molar refractivity (Wildman–Crippen MR) is 125 cm³/mol. The van der Waals surface area contributed by atoms with Gasteiger partial charge in [-0.15, -0.1) is 0 Å². The molecule has 0 atom stereocenters. The summed E-state index contributed by atoms with van der Waals surface area (Å²) in [6, 6.07) is 13.7. The number of benzene rings is 2. The van der Waals surface area contributed by atoms with Gasteiger partial charge in [-0.25, -0.2) is 14.4 Å². The molecule has 1 aromatic heterocycles. The van der Waals surface area contributed by atoms with Crippen LogP contribution < -0.4 is 4.90 Å². The molecule has 0 aliphatic carbocycles. The first-order valence-corrected chi connectivity index (χ1v) is 10.6. The lowest BCUT2D eigenvalue weighted by atomic mass is 10.0. The van der Waals surface area contributed by atoms with Gasteiger partial charge in [0.2, 0.25) is 5.91 Å². The van der Waals surface area contributed by atoms with Crippen LogP contribution in [0.3, 0.4) is 0 Å². The number of carbonyl (C=O) groups is 1. The topological polar surface area (TPSA) is 61.7 Å². The van der Waals surface area contributed by atoms with E-state index in [4.69, 9.17) is 0 Å². The van der Waals surface area contributed by atoms with Gasteiger partial charge in [0.1, 0.15) is 23.5 Å². The van der Waals surface area contributed by atoms with Crippen LogP contribution >= 0.6 is 0 Å². The maximum Gasteiger partial charge on any atom is 0.246 e. The standard InChI is InChI=1S/C25H22FN5O/c1-2-21(32)30-12-14-31(15-13-30)25-20-10-11-27-23(22(26)24(20)28-16-29-25)19-9-5-7-17-6-3-4-8-18(17)19/h2-9,11,16H,1,10,12-15H2. The highest BCUT2D eigenvalue weighted by Gasteiger charge is 2.27. The SMILES string of the molecule is C=CC(=O)N1CCN(c2ncnc3c2CC=NC(c2cccc4ccccc24)=C3F)CC1. The molecule has 0 unspecified atom stereocenters. The zero-order valence-corrected chi connectivity index (χ0v) is 17.5. The molecule has 2 aromatic carbocycles. The summed E-state index contributed by atoms with van der Waals surface area (Å²) in [6.45, 7) is 5.91. The number of hydrogen-bond donors (Lipinski definition) is 0. The van der Waals surface area contributed by atoms with Gasteiger partial charge in [0.25, 0.3) is 0 Å². The van der Waals surface area contributed by atoms with Gasteiger partial charge in [0.15, 0.2) is 5.83 Å². The van der Waals surface area contributed by atoms with E-state index in [1.807, 2.05) is 42.5 Å². The molecule has 2 aliphatic heterocycles. The Kier molecular flexibility index (Phi) is 5.23. The molecule has 32 heavy (non-hydrogen) atoms. The Bertz CT molecular complexity index is 1270. The van der Waals surface area contributed by atoms with Crippen molar-refractivity contribution >= 4 is 40.2 Å². The second-order valence-corrected chi connectivity index (χ2v) is 7.75. The maximum absolute atomic E-state index is 15.9. The zero-order chi connectivity index (χ0) is 22.1. The van der Waals surface area contributed by atoms with Crippen molar-refractivity contribution in [1.29, 1.82) is 0 Å². The summed E-state index contributed by atoms with van der Waals surface area (Å²) in [5.41, 5.74) is 2.01. The summed E-state index contributed by atoms with van der Waals surface area (Å²) < 4.78 is 15.9. The third-order valence-electron chi connectivity index (χ3n) is 5.96. The Morgan fingerprint density at radius 3 is 2.62 bits per heavy atom. The number of anilines is 1. The fourth-order valence-corrected chi connectivity index (χ4v) is 4.34. The second kappa shape index (κ2) is 8.34. The van der Waals surface area contributed by atoms with Crippen LogP contribution in [0.5, 0.6) is 0 Å². The summed E-state index contributed by atoms with van der Waals surface area (Å²) >= 11 is 0. The molecule has 3 heterocycles. The molecule has 0 saturated carbocycles. The molecule has 1 fully saturated rings. The van der Waals surface area contributed by atoms with Crippen LogP contribution in [0.1, 0.15) is 16.8 Å². The highest BCUT2D eigenvalue weighted by molar-refractivity contribution is 6.02. The molecule has 0 spiro atoms. The summed E-state index contributed by atoms with van der Waals surface area (Å²) in [7, 11) is 0. The quantitative estimate of drug-likeness (QED) is 0.595. The number of aromatic nitrogens is 2. The first-order valence-electron chi connectivity index (χ1n) is 10.6. The average molecular weight is 427 g/mol. The molecular formula is C25H22FN5O. The summed E-state index contributed by atoms with van der Waals surface area (Å²) in [6.07, 6.45) is 4.89. The highest BCUT2D eigenvalue weighted by atomic mass is 19.1. The van der Waals surface area contributed by atoms with E-state index in [0.29, 0.717) is 44.0 Å². The molecule has 3 aromatic rings. The summed E-state index contributed by atoms with van der Waals surface area (Å²) in [5, 5.41) is 1.97. The Hall–Kier alpha value is -3.87. The molecule has 0 bridgehead atoms. The summed E-state index contributed by atoms with van der Waals surface area (Å²) in [4.78, 5) is 29.0. The number of hydrogen-bond acceptors (Lipinski definition) is 5. The zero-order valence-electron chi connectivity index (χ0n) is 17.5. The molecule has 0 radical (unpaired) electrons. The van der Waals surface area contributed by atoms with Crippen LogP contribution in [-0.2, 0) is 11.2 Å². The van der Waals surface area contributed by atoms with Crippen LogP contribution in [0.15, 0.2) is 66.4 Å². The Morgan fingerprint density at radius 1 is 1.03 bits per heavy atom. The molecule has 2 aliphatic rings. The number of amides is 1. The number of halogens is 1. The third kappa shape index (κ3) is 3.45. The molecule has 6 nitrogen and oxygen atoms in total. The fourth-order valence-electron chi connectivity index (χ4n) is 4.34. The fraction of sp³-hybridized carbons (Fsp3) is 0.200. The van der Waals surface area contributed by atoms with E-state index in [0.717, 1.165) is 16.3 Å². The Morgan fingerprint density at radius 2 is 1.81 bits per heavy atom. The highest BCUT2D eigenvalue weighted by Crippen LogP contribution is 2.36. The lowest BCUT2D eigenvalue weighted by Gasteiger charge is -2.35. The third-order valence-corrected chi connectivity index (χ3v) is 5.96. The van der Waals surface area contributed by atoms with Crippen molar-refractivity contribution in [3.05, 3.63) is 78.3 Å². The van der Waals surface area contributed by atoms with E-state index in [2.05, 4.69) is 26.4 Å². The first-order chi connectivity index (χ1) is 15.7. The Balaban J connectivity index is 1.54. The van der Waals surface area contributed by atoms with Crippen molar-refractivity contribution in [3.63, 3.8) is 0 Å². The molecule has 5 rings (SSSR count). The van der Waals surface area contributed by atoms with E-state index < -0.39 is 5.83 Å². The summed E-state index contributed by atoms with van der Waals surface area (Å²) in [5.74, 6) is 0.169. The Labute approximate surface area is 185 Å². The lowest BCUT2D eigenvalue weighted by Crippen LogP contribution is -2.48. The maximum atomic E-state index is 15.9. The number of aliphatic imine (C=N–C) groups is 1. The van der Waals surface area contributed by atoms with Crippen LogP contribution in [-0.4, -0.2) is 53.2 Å². The van der Waals surface area contributed by atoms with Gasteiger partial charge in [-0.3, -0.25) is 9.79 Å². The minimum absolute atomic E-state index is 0.0768. The smallest absolute Gasteiger partial charge is 0.246 e. The van der Waals surface area contributed by atoms with Gasteiger partial charge in [-0.05, 0) is 16.8 Å².